The van der Waals surface area contributed by atoms with E-state index in [0.29, 0.717) is 21.9 Å². The average Bonchev–Trinajstić information content (AvgIpc) is 3.57. The number of aromatic nitrogens is 2. The van der Waals surface area contributed by atoms with Crippen LogP contribution < -0.4 is 5.43 Å². The molecule has 260 valence electrons. The molecule has 0 fully saturated rings. The second-order valence-corrected chi connectivity index (χ2v) is 15.1. The van der Waals surface area contributed by atoms with Gasteiger partial charge in [0.25, 0.3) is 0 Å². The zero-order valence-electron chi connectivity index (χ0n) is 30.4. The number of pyridine rings is 1. The molecule has 0 bridgehead atoms. The van der Waals surface area contributed by atoms with Gasteiger partial charge in [0.05, 0.1) is 38.9 Å². The van der Waals surface area contributed by atoms with Gasteiger partial charge in [-0.2, -0.15) is 0 Å². The minimum Gasteiger partial charge on any atom is -0.456 e. The molecular formula is C51H34N2O2. The van der Waals surface area contributed by atoms with E-state index in [-0.39, 0.29) is 10.8 Å². The first-order valence-corrected chi connectivity index (χ1v) is 18.7. The highest BCUT2D eigenvalue weighted by molar-refractivity contribution is 6.12. The van der Waals surface area contributed by atoms with Gasteiger partial charge in [0.15, 0.2) is 0 Å². The molecule has 3 aromatic heterocycles. The molecule has 1 aliphatic rings. The van der Waals surface area contributed by atoms with Crippen molar-refractivity contribution in [2.45, 2.75) is 19.3 Å². The van der Waals surface area contributed by atoms with Crippen molar-refractivity contribution in [1.29, 1.82) is 0 Å². The van der Waals surface area contributed by atoms with Gasteiger partial charge in [-0.3, -0.25) is 4.79 Å². The molecule has 10 aromatic rings. The number of nitrogens with zero attached hydrogens (tertiary/aromatic N) is 2. The van der Waals surface area contributed by atoms with Crippen molar-refractivity contribution in [2.75, 3.05) is 0 Å². The third kappa shape index (κ3) is 4.78. The van der Waals surface area contributed by atoms with Crippen molar-refractivity contribution in [3.05, 3.63) is 191 Å². The molecule has 55 heavy (non-hydrogen) atoms. The Morgan fingerprint density at radius 2 is 1.09 bits per heavy atom. The molecule has 11 rings (SSSR count). The van der Waals surface area contributed by atoms with E-state index < -0.39 is 0 Å². The van der Waals surface area contributed by atoms with Gasteiger partial charge in [-0.15, -0.1) is 0 Å². The van der Waals surface area contributed by atoms with E-state index in [4.69, 9.17) is 9.40 Å². The predicted octanol–water partition coefficient (Wildman–Crippen LogP) is 12.7. The van der Waals surface area contributed by atoms with Crippen molar-refractivity contribution in [3.8, 4) is 50.5 Å². The van der Waals surface area contributed by atoms with Crippen molar-refractivity contribution >= 4 is 43.7 Å². The molecule has 4 heterocycles. The van der Waals surface area contributed by atoms with Crippen molar-refractivity contribution in [1.82, 2.24) is 9.55 Å². The summed E-state index contributed by atoms with van der Waals surface area (Å²) in [6.45, 7) is 4.64. The molecular weight excluding hydrogens is 673 g/mol. The van der Waals surface area contributed by atoms with Crippen LogP contribution in [0.15, 0.2) is 179 Å². The van der Waals surface area contributed by atoms with Crippen LogP contribution in [-0.2, 0) is 5.41 Å². The molecule has 0 radical (unpaired) electrons. The lowest BCUT2D eigenvalue weighted by Crippen LogP contribution is -2.26. The van der Waals surface area contributed by atoms with E-state index in [9.17, 15) is 4.79 Å². The fourth-order valence-electron chi connectivity index (χ4n) is 8.77. The van der Waals surface area contributed by atoms with Gasteiger partial charge >= 0.3 is 0 Å². The topological polar surface area (TPSA) is 48.0 Å². The lowest BCUT2D eigenvalue weighted by Gasteiger charge is -2.34. The standard InChI is InChI=1S/C51H34N2O2/c1-51(2)41-17-9-10-19-46(41)53-45-24-21-33(26-39(45)37-16-11-18-42(51)49(37)53)34-22-25-47-40(27-34)50(54)38-23-20-35(30-48(38)55-47)36-28-43(31-12-5-3-6-13-31)52-44(29-36)32-14-7-4-8-15-32/h3-30H,1-2H3. The quantitative estimate of drug-likeness (QED) is 0.171. The first kappa shape index (κ1) is 31.5. The summed E-state index contributed by atoms with van der Waals surface area (Å²) in [6.07, 6.45) is 0. The highest BCUT2D eigenvalue weighted by Gasteiger charge is 2.34. The number of benzene rings is 7. The van der Waals surface area contributed by atoms with Crippen LogP contribution in [0.25, 0.3) is 94.2 Å². The molecule has 0 atom stereocenters. The average molecular weight is 707 g/mol. The summed E-state index contributed by atoms with van der Waals surface area (Å²) in [5.74, 6) is 0. The van der Waals surface area contributed by atoms with Gasteiger partial charge < -0.3 is 8.98 Å². The molecule has 0 N–H and O–H groups in total. The fourth-order valence-corrected chi connectivity index (χ4v) is 8.77. The normalized spacial score (nSPS) is 13.1. The maximum atomic E-state index is 14.2. The largest absolute Gasteiger partial charge is 0.456 e. The number of rotatable bonds is 4. The van der Waals surface area contributed by atoms with Crippen LogP contribution >= 0.6 is 0 Å². The lowest BCUT2D eigenvalue weighted by atomic mass is 9.75. The first-order valence-electron chi connectivity index (χ1n) is 18.7. The van der Waals surface area contributed by atoms with Gasteiger partial charge in [0, 0.05) is 27.3 Å². The van der Waals surface area contributed by atoms with Crippen LogP contribution in [0, 0.1) is 0 Å². The summed E-state index contributed by atoms with van der Waals surface area (Å²) < 4.78 is 8.94. The Labute approximate surface area is 317 Å². The molecule has 0 unspecified atom stereocenters. The zero-order chi connectivity index (χ0) is 36.8. The van der Waals surface area contributed by atoms with Gasteiger partial charge in [-0.1, -0.05) is 129 Å². The van der Waals surface area contributed by atoms with E-state index in [1.807, 2.05) is 66.7 Å². The minimum absolute atomic E-state index is 0.0404. The molecule has 1 aliphatic heterocycles. The van der Waals surface area contributed by atoms with Crippen molar-refractivity contribution in [2.24, 2.45) is 0 Å². The first-order chi connectivity index (χ1) is 26.9. The highest BCUT2D eigenvalue weighted by atomic mass is 16.3. The SMILES string of the molecule is CC1(C)c2ccccc2-n2c3ccc(-c4ccc5oc6cc(-c7cc(-c8ccccc8)nc(-c8ccccc8)c7)ccc6c(=O)c5c4)cc3c3cccc1c32. The Morgan fingerprint density at radius 3 is 1.84 bits per heavy atom. The Balaban J connectivity index is 1.03. The van der Waals surface area contributed by atoms with Crippen LogP contribution in [-0.4, -0.2) is 9.55 Å². The molecule has 0 amide bonds. The van der Waals surface area contributed by atoms with Crippen LogP contribution in [0.2, 0.25) is 0 Å². The number of para-hydroxylation sites is 2. The van der Waals surface area contributed by atoms with Crippen LogP contribution in [0.3, 0.4) is 0 Å². The van der Waals surface area contributed by atoms with Crippen LogP contribution in [0.4, 0.5) is 0 Å². The minimum atomic E-state index is -0.117. The number of hydrogen-bond acceptors (Lipinski definition) is 3. The van der Waals surface area contributed by atoms with Gasteiger partial charge in [-0.05, 0) is 88.0 Å². The zero-order valence-corrected chi connectivity index (χ0v) is 30.4. The number of hydrogen-bond donors (Lipinski definition) is 0. The maximum Gasteiger partial charge on any atom is 0.200 e. The summed E-state index contributed by atoms with van der Waals surface area (Å²) in [4.78, 5) is 19.2. The Hall–Kier alpha value is -7.04. The lowest BCUT2D eigenvalue weighted by molar-refractivity contribution is 0.630. The van der Waals surface area contributed by atoms with Gasteiger partial charge in [0.2, 0.25) is 5.43 Å². The summed E-state index contributed by atoms with van der Waals surface area (Å²) in [6, 6.07) is 58.6. The maximum absolute atomic E-state index is 14.2. The van der Waals surface area contributed by atoms with E-state index in [2.05, 4.69) is 122 Å². The van der Waals surface area contributed by atoms with Crippen molar-refractivity contribution in [3.63, 3.8) is 0 Å². The summed E-state index contributed by atoms with van der Waals surface area (Å²) in [7, 11) is 0. The third-order valence-electron chi connectivity index (χ3n) is 11.6. The second-order valence-electron chi connectivity index (χ2n) is 15.1. The van der Waals surface area contributed by atoms with Crippen LogP contribution in [0.5, 0.6) is 0 Å². The molecule has 0 spiro atoms. The van der Waals surface area contributed by atoms with Crippen LogP contribution in [0.1, 0.15) is 25.0 Å². The van der Waals surface area contributed by atoms with E-state index >= 15 is 0 Å². The Bertz CT molecular complexity index is 3190. The summed E-state index contributed by atoms with van der Waals surface area (Å²) in [5.41, 5.74) is 15.1. The summed E-state index contributed by atoms with van der Waals surface area (Å²) >= 11 is 0. The Morgan fingerprint density at radius 1 is 0.473 bits per heavy atom. The third-order valence-corrected chi connectivity index (χ3v) is 11.6. The fraction of sp³-hybridized carbons (Fsp3) is 0.0588. The molecule has 0 saturated carbocycles. The van der Waals surface area contributed by atoms with Gasteiger partial charge in [0.1, 0.15) is 11.2 Å². The monoisotopic (exact) mass is 706 g/mol. The van der Waals surface area contributed by atoms with E-state index in [0.717, 1.165) is 44.8 Å². The molecule has 4 nitrogen and oxygen atoms in total. The summed E-state index contributed by atoms with van der Waals surface area (Å²) in [5, 5.41) is 3.56. The highest BCUT2D eigenvalue weighted by Crippen LogP contribution is 2.48. The van der Waals surface area contributed by atoms with Crippen molar-refractivity contribution < 1.29 is 4.42 Å². The smallest absolute Gasteiger partial charge is 0.200 e. The second kappa shape index (κ2) is 11.7. The molecule has 0 saturated heterocycles. The van der Waals surface area contributed by atoms with Gasteiger partial charge in [-0.25, -0.2) is 4.98 Å². The van der Waals surface area contributed by atoms with E-state index in [1.165, 1.54) is 38.6 Å². The molecule has 0 aliphatic carbocycles. The van der Waals surface area contributed by atoms with E-state index in [1.54, 1.807) is 0 Å². The molecule has 4 heteroatoms. The number of fused-ring (bicyclic) bond motifs is 7. The molecule has 7 aromatic carbocycles. The predicted molar refractivity (Wildman–Crippen MR) is 226 cm³/mol. The Kier molecular flexibility index (Phi) is 6.71.